The van der Waals surface area contributed by atoms with E-state index >= 15 is 0 Å². The van der Waals surface area contributed by atoms with E-state index in [-0.39, 0.29) is 17.9 Å². The zero-order valence-electron chi connectivity index (χ0n) is 20.1. The van der Waals surface area contributed by atoms with Crippen LogP contribution in [0.3, 0.4) is 0 Å². The number of aromatic nitrogens is 2. The Labute approximate surface area is 191 Å². The van der Waals surface area contributed by atoms with Gasteiger partial charge in [-0.05, 0) is 69.3 Å². The lowest BCUT2D eigenvalue weighted by Crippen LogP contribution is -2.44. The minimum absolute atomic E-state index is 0.114. The van der Waals surface area contributed by atoms with Crippen molar-refractivity contribution in [2.75, 3.05) is 6.61 Å². The topological polar surface area (TPSA) is 85.3 Å². The van der Waals surface area contributed by atoms with Gasteiger partial charge in [0.1, 0.15) is 5.56 Å². The van der Waals surface area contributed by atoms with E-state index in [1.54, 1.807) is 17.1 Å². The first-order valence-corrected chi connectivity index (χ1v) is 11.7. The molecule has 0 spiro atoms. The van der Waals surface area contributed by atoms with Gasteiger partial charge in [0.25, 0.3) is 5.91 Å². The summed E-state index contributed by atoms with van der Waals surface area (Å²) in [4.78, 5) is 24.8. The number of allylic oxidation sites excluding steroid dienone is 1. The number of amides is 2. The molecule has 1 aromatic rings. The van der Waals surface area contributed by atoms with Gasteiger partial charge in [-0.1, -0.05) is 19.9 Å². The van der Waals surface area contributed by atoms with E-state index in [0.717, 1.165) is 6.42 Å². The SMILES string of the molecule is C=CCC1C2CCC(C2)C1NC(=O)c1cnn(/C=C/C(C)(C)NC(C)=O)c1OCC(C)C. The molecule has 7 heteroatoms. The van der Waals surface area contributed by atoms with Gasteiger partial charge in [0.15, 0.2) is 0 Å². The van der Waals surface area contributed by atoms with Crippen molar-refractivity contribution in [1.82, 2.24) is 20.4 Å². The Hall–Kier alpha value is -2.57. The first-order valence-electron chi connectivity index (χ1n) is 11.7. The average molecular weight is 443 g/mol. The van der Waals surface area contributed by atoms with E-state index in [9.17, 15) is 9.59 Å². The molecule has 32 heavy (non-hydrogen) atoms. The number of hydrogen-bond acceptors (Lipinski definition) is 4. The quantitative estimate of drug-likeness (QED) is 0.536. The minimum Gasteiger partial charge on any atom is -0.477 e. The molecule has 0 aromatic carbocycles. The van der Waals surface area contributed by atoms with Gasteiger partial charge in [0.05, 0.1) is 18.3 Å². The first kappa shape index (κ1) is 24.1. The molecule has 2 saturated carbocycles. The fraction of sp³-hybridized carbons (Fsp3) is 0.640. The van der Waals surface area contributed by atoms with Crippen LogP contribution in [0.4, 0.5) is 0 Å². The maximum absolute atomic E-state index is 13.3. The monoisotopic (exact) mass is 442 g/mol. The summed E-state index contributed by atoms with van der Waals surface area (Å²) in [5.74, 6) is 2.16. The number of hydrogen-bond donors (Lipinski definition) is 2. The predicted octanol–water partition coefficient (Wildman–Crippen LogP) is 4.02. The maximum Gasteiger partial charge on any atom is 0.258 e. The van der Waals surface area contributed by atoms with Crippen LogP contribution in [0, 0.1) is 23.7 Å². The Balaban J connectivity index is 1.81. The van der Waals surface area contributed by atoms with Crippen LogP contribution in [0.2, 0.25) is 0 Å². The molecule has 2 amide bonds. The average Bonchev–Trinajstić information content (AvgIpc) is 3.39. The van der Waals surface area contributed by atoms with Crippen LogP contribution in [0.5, 0.6) is 5.88 Å². The van der Waals surface area contributed by atoms with E-state index in [4.69, 9.17) is 4.74 Å². The number of carbonyl (C=O) groups excluding carboxylic acids is 2. The smallest absolute Gasteiger partial charge is 0.258 e. The number of nitrogens with one attached hydrogen (secondary N) is 2. The summed E-state index contributed by atoms with van der Waals surface area (Å²) in [7, 11) is 0. The van der Waals surface area contributed by atoms with Crippen LogP contribution in [-0.4, -0.2) is 39.8 Å². The number of fused-ring (bicyclic) bond motifs is 2. The van der Waals surface area contributed by atoms with Gasteiger partial charge in [-0.3, -0.25) is 9.59 Å². The van der Waals surface area contributed by atoms with E-state index in [2.05, 4.69) is 36.2 Å². The Morgan fingerprint density at radius 1 is 1.34 bits per heavy atom. The van der Waals surface area contributed by atoms with Gasteiger partial charge in [0.2, 0.25) is 11.8 Å². The number of ether oxygens (including phenoxy) is 1. The molecule has 176 valence electrons. The highest BCUT2D eigenvalue weighted by Crippen LogP contribution is 2.50. The van der Waals surface area contributed by atoms with Crippen molar-refractivity contribution in [3.8, 4) is 5.88 Å². The predicted molar refractivity (Wildman–Crippen MR) is 126 cm³/mol. The highest BCUT2D eigenvalue weighted by Gasteiger charge is 2.47. The van der Waals surface area contributed by atoms with E-state index in [0.29, 0.717) is 41.7 Å². The Morgan fingerprint density at radius 2 is 2.06 bits per heavy atom. The van der Waals surface area contributed by atoms with Crippen molar-refractivity contribution in [3.05, 3.63) is 30.5 Å². The second-order valence-electron chi connectivity index (χ2n) is 10.3. The summed E-state index contributed by atoms with van der Waals surface area (Å²) in [6.45, 7) is 13.8. The molecule has 1 aromatic heterocycles. The summed E-state index contributed by atoms with van der Waals surface area (Å²) >= 11 is 0. The first-order chi connectivity index (χ1) is 15.1. The van der Waals surface area contributed by atoms with E-state index < -0.39 is 5.54 Å². The third-order valence-electron chi connectivity index (χ3n) is 6.50. The Kier molecular flexibility index (Phi) is 7.47. The summed E-state index contributed by atoms with van der Waals surface area (Å²) in [5, 5.41) is 10.6. The minimum atomic E-state index is -0.559. The molecule has 4 unspecified atom stereocenters. The second-order valence-corrected chi connectivity index (χ2v) is 10.3. The number of nitrogens with zero attached hydrogens (tertiary/aromatic N) is 2. The molecule has 2 aliphatic carbocycles. The molecule has 2 fully saturated rings. The lowest BCUT2D eigenvalue weighted by molar-refractivity contribution is -0.120. The summed E-state index contributed by atoms with van der Waals surface area (Å²) < 4.78 is 7.60. The second kappa shape index (κ2) is 9.92. The summed E-state index contributed by atoms with van der Waals surface area (Å²) in [5.41, 5.74) is -0.121. The molecular weight excluding hydrogens is 404 g/mol. The summed E-state index contributed by atoms with van der Waals surface area (Å²) in [6, 6.07) is 0.176. The highest BCUT2D eigenvalue weighted by atomic mass is 16.5. The van der Waals surface area contributed by atoms with Gasteiger partial charge in [-0.25, -0.2) is 4.68 Å². The Bertz CT molecular complexity index is 871. The summed E-state index contributed by atoms with van der Waals surface area (Å²) in [6.07, 6.45) is 11.7. The molecule has 2 bridgehead atoms. The molecule has 2 aliphatic rings. The number of carbonyl (C=O) groups is 2. The molecule has 0 saturated heterocycles. The molecule has 0 radical (unpaired) electrons. The van der Waals surface area contributed by atoms with E-state index in [1.807, 2.05) is 26.0 Å². The molecule has 7 nitrogen and oxygen atoms in total. The van der Waals surface area contributed by atoms with Crippen LogP contribution < -0.4 is 15.4 Å². The molecule has 3 rings (SSSR count). The molecule has 0 aliphatic heterocycles. The van der Waals surface area contributed by atoms with Crippen LogP contribution in [0.1, 0.15) is 70.7 Å². The lowest BCUT2D eigenvalue weighted by Gasteiger charge is -2.31. The van der Waals surface area contributed by atoms with Gasteiger partial charge in [-0.2, -0.15) is 5.10 Å². The van der Waals surface area contributed by atoms with Crippen molar-refractivity contribution < 1.29 is 14.3 Å². The van der Waals surface area contributed by atoms with Crippen molar-refractivity contribution in [1.29, 1.82) is 0 Å². The molecule has 1 heterocycles. The van der Waals surface area contributed by atoms with Crippen LogP contribution in [0.15, 0.2) is 24.9 Å². The standard InChI is InChI=1S/C25H38N4O3/c1-7-8-20-18-9-10-19(13-18)22(20)27-23(31)21-14-26-29(24(21)32-15-16(2)3)12-11-25(5,6)28-17(4)30/h7,11-12,14,16,18-20,22H,1,8-10,13,15H2,2-6H3,(H,27,31)(H,28,30)/b12-11+. The molecule has 2 N–H and O–H groups in total. The van der Waals surface area contributed by atoms with Gasteiger partial charge < -0.3 is 15.4 Å². The number of rotatable bonds is 10. The van der Waals surface area contributed by atoms with Crippen molar-refractivity contribution in [3.63, 3.8) is 0 Å². The lowest BCUT2D eigenvalue weighted by atomic mass is 9.82. The van der Waals surface area contributed by atoms with Gasteiger partial charge in [0, 0.05) is 19.2 Å². The van der Waals surface area contributed by atoms with Crippen LogP contribution in [-0.2, 0) is 4.79 Å². The zero-order valence-corrected chi connectivity index (χ0v) is 20.1. The highest BCUT2D eigenvalue weighted by molar-refractivity contribution is 5.96. The maximum atomic E-state index is 13.3. The zero-order chi connectivity index (χ0) is 23.5. The van der Waals surface area contributed by atoms with Gasteiger partial charge >= 0.3 is 0 Å². The van der Waals surface area contributed by atoms with Crippen molar-refractivity contribution in [2.24, 2.45) is 23.7 Å². The van der Waals surface area contributed by atoms with Crippen LogP contribution in [0.25, 0.3) is 6.20 Å². The normalized spacial score (nSPS) is 24.8. The fourth-order valence-corrected chi connectivity index (χ4v) is 5.15. The van der Waals surface area contributed by atoms with Gasteiger partial charge in [-0.15, -0.1) is 6.58 Å². The Morgan fingerprint density at radius 3 is 2.72 bits per heavy atom. The fourth-order valence-electron chi connectivity index (χ4n) is 5.15. The van der Waals surface area contributed by atoms with E-state index in [1.165, 1.54) is 26.2 Å². The largest absolute Gasteiger partial charge is 0.477 e. The molecule has 4 atom stereocenters. The van der Waals surface area contributed by atoms with Crippen LogP contribution >= 0.6 is 0 Å². The van der Waals surface area contributed by atoms with Crippen molar-refractivity contribution >= 4 is 18.0 Å². The molecular formula is C25H38N4O3. The third kappa shape index (κ3) is 5.61. The third-order valence-corrected chi connectivity index (χ3v) is 6.50. The van der Waals surface area contributed by atoms with Crippen molar-refractivity contribution in [2.45, 2.75) is 71.9 Å².